The Morgan fingerprint density at radius 1 is 1.10 bits per heavy atom. The molecule has 0 unspecified atom stereocenters. The molecule has 5 nitrogen and oxygen atoms in total. The summed E-state index contributed by atoms with van der Waals surface area (Å²) in [6, 6.07) is 7.60. The van der Waals surface area contributed by atoms with Crippen molar-refractivity contribution in [3.8, 4) is 22.9 Å². The lowest BCUT2D eigenvalue weighted by molar-refractivity contribution is 0.395. The Kier molecular flexibility index (Phi) is 3.02. The topological polar surface area (TPSA) is 49.2 Å². The molecule has 2 aromatic heterocycles. The first kappa shape index (κ1) is 12.5. The molecule has 0 N–H and O–H groups in total. The molecule has 102 valence electrons. The largest absolute Gasteiger partial charge is 0.497 e. The van der Waals surface area contributed by atoms with E-state index in [1.165, 1.54) is 0 Å². The van der Waals surface area contributed by atoms with Crippen molar-refractivity contribution in [2.75, 3.05) is 14.2 Å². The molecule has 0 radical (unpaired) electrons. The molecule has 0 saturated carbocycles. The first-order chi connectivity index (χ1) is 9.74. The molecule has 1 aromatic carbocycles. The van der Waals surface area contributed by atoms with E-state index in [0.29, 0.717) is 0 Å². The molecule has 0 spiro atoms. The lowest BCUT2D eigenvalue weighted by atomic mass is 10.2. The zero-order chi connectivity index (χ0) is 14.1. The minimum Gasteiger partial charge on any atom is -0.497 e. The minimum atomic E-state index is 0.732. The van der Waals surface area contributed by atoms with Gasteiger partial charge in [0.15, 0.2) is 0 Å². The van der Waals surface area contributed by atoms with Gasteiger partial charge in [-0.05, 0) is 18.2 Å². The Morgan fingerprint density at radius 3 is 2.65 bits per heavy atom. The van der Waals surface area contributed by atoms with Crippen LogP contribution in [0.3, 0.4) is 0 Å². The van der Waals surface area contributed by atoms with Gasteiger partial charge in [0.2, 0.25) is 0 Å². The van der Waals surface area contributed by atoms with Crippen molar-refractivity contribution >= 4 is 11.0 Å². The summed E-state index contributed by atoms with van der Waals surface area (Å²) in [5.74, 6) is 2.33. The average Bonchev–Trinajstić information content (AvgIpc) is 2.84. The Hall–Kier alpha value is -2.56. The van der Waals surface area contributed by atoms with Gasteiger partial charge in [-0.2, -0.15) is 0 Å². The van der Waals surface area contributed by atoms with Gasteiger partial charge in [0.1, 0.15) is 17.3 Å². The number of nitrogens with zero attached hydrogens (tertiary/aromatic N) is 3. The summed E-state index contributed by atoms with van der Waals surface area (Å²) < 4.78 is 12.7. The number of imidazole rings is 1. The molecule has 20 heavy (non-hydrogen) atoms. The lowest BCUT2D eigenvalue weighted by Gasteiger charge is -2.10. The summed E-state index contributed by atoms with van der Waals surface area (Å²) in [5.41, 5.74) is 2.82. The number of fused-ring (bicyclic) bond motifs is 1. The fourth-order valence-corrected chi connectivity index (χ4v) is 2.26. The third-order valence-electron chi connectivity index (χ3n) is 3.33. The van der Waals surface area contributed by atoms with E-state index < -0.39 is 0 Å². The van der Waals surface area contributed by atoms with Gasteiger partial charge in [-0.25, -0.2) is 4.98 Å². The Morgan fingerprint density at radius 2 is 1.95 bits per heavy atom. The van der Waals surface area contributed by atoms with Crippen LogP contribution >= 0.6 is 0 Å². The van der Waals surface area contributed by atoms with Crippen LogP contribution in [0.4, 0.5) is 0 Å². The van der Waals surface area contributed by atoms with Crippen molar-refractivity contribution in [1.29, 1.82) is 0 Å². The number of aromatic nitrogens is 3. The van der Waals surface area contributed by atoms with Crippen LogP contribution in [0.1, 0.15) is 0 Å². The van der Waals surface area contributed by atoms with Crippen LogP contribution < -0.4 is 9.47 Å². The summed E-state index contributed by atoms with van der Waals surface area (Å²) in [6.07, 6.45) is 3.55. The van der Waals surface area contributed by atoms with Crippen molar-refractivity contribution in [2.24, 2.45) is 7.05 Å². The normalized spacial score (nSPS) is 10.8. The molecule has 3 rings (SSSR count). The molecule has 0 aliphatic heterocycles. The van der Waals surface area contributed by atoms with Crippen LogP contribution in [0.2, 0.25) is 0 Å². The molecule has 0 aliphatic carbocycles. The average molecular weight is 269 g/mol. The van der Waals surface area contributed by atoms with E-state index in [1.54, 1.807) is 20.4 Å². The number of ether oxygens (including phenoxy) is 2. The van der Waals surface area contributed by atoms with Crippen LogP contribution in [0.25, 0.3) is 22.4 Å². The van der Waals surface area contributed by atoms with E-state index in [2.05, 4.69) is 9.97 Å². The van der Waals surface area contributed by atoms with Crippen LogP contribution in [0, 0.1) is 0 Å². The molecule has 5 heteroatoms. The van der Waals surface area contributed by atoms with Crippen LogP contribution in [0.15, 0.2) is 36.7 Å². The maximum absolute atomic E-state index is 5.44. The van der Waals surface area contributed by atoms with E-state index in [9.17, 15) is 0 Å². The number of hydrogen-bond donors (Lipinski definition) is 0. The number of aryl methyl sites for hydroxylation is 1. The van der Waals surface area contributed by atoms with Crippen molar-refractivity contribution in [1.82, 2.24) is 14.5 Å². The molecule has 0 atom stereocenters. The van der Waals surface area contributed by atoms with Gasteiger partial charge in [0.25, 0.3) is 0 Å². The van der Waals surface area contributed by atoms with Crippen molar-refractivity contribution in [3.05, 3.63) is 36.7 Å². The molecular formula is C15H15N3O2. The Balaban J connectivity index is 2.22. The van der Waals surface area contributed by atoms with E-state index >= 15 is 0 Å². The number of pyridine rings is 1. The SMILES string of the molecule is COc1ccc(-c2nc3ccncc3n2C)c(OC)c1. The maximum atomic E-state index is 5.44. The zero-order valence-corrected chi connectivity index (χ0v) is 11.6. The quantitative estimate of drug-likeness (QED) is 0.733. The van der Waals surface area contributed by atoms with E-state index in [-0.39, 0.29) is 0 Å². The maximum Gasteiger partial charge on any atom is 0.144 e. The van der Waals surface area contributed by atoms with E-state index in [0.717, 1.165) is 33.9 Å². The highest BCUT2D eigenvalue weighted by Gasteiger charge is 2.14. The van der Waals surface area contributed by atoms with Gasteiger partial charge in [-0.1, -0.05) is 0 Å². The van der Waals surface area contributed by atoms with Crippen molar-refractivity contribution in [3.63, 3.8) is 0 Å². The molecule has 2 heterocycles. The minimum absolute atomic E-state index is 0.732. The fraction of sp³-hybridized carbons (Fsp3) is 0.200. The summed E-state index contributed by atoms with van der Waals surface area (Å²) in [7, 11) is 5.24. The fourth-order valence-electron chi connectivity index (χ4n) is 2.26. The van der Waals surface area contributed by atoms with Gasteiger partial charge in [0, 0.05) is 19.3 Å². The summed E-state index contributed by atoms with van der Waals surface area (Å²) in [6.45, 7) is 0. The van der Waals surface area contributed by atoms with Crippen molar-refractivity contribution < 1.29 is 9.47 Å². The van der Waals surface area contributed by atoms with E-state index in [1.807, 2.05) is 42.1 Å². The highest BCUT2D eigenvalue weighted by Crippen LogP contribution is 2.33. The summed E-state index contributed by atoms with van der Waals surface area (Å²) >= 11 is 0. The molecule has 0 aliphatic rings. The lowest BCUT2D eigenvalue weighted by Crippen LogP contribution is -1.96. The number of methoxy groups -OCH3 is 2. The van der Waals surface area contributed by atoms with Crippen LogP contribution in [-0.2, 0) is 7.05 Å². The smallest absolute Gasteiger partial charge is 0.144 e. The second kappa shape index (κ2) is 4.85. The first-order valence-corrected chi connectivity index (χ1v) is 6.23. The van der Waals surface area contributed by atoms with Gasteiger partial charge in [-0.3, -0.25) is 4.98 Å². The molecule has 0 fully saturated rings. The van der Waals surface area contributed by atoms with E-state index in [4.69, 9.17) is 9.47 Å². The number of rotatable bonds is 3. The third-order valence-corrected chi connectivity index (χ3v) is 3.33. The highest BCUT2D eigenvalue weighted by atomic mass is 16.5. The first-order valence-electron chi connectivity index (χ1n) is 6.23. The van der Waals surface area contributed by atoms with Gasteiger partial charge in [-0.15, -0.1) is 0 Å². The standard InChI is InChI=1S/C15H15N3O2/c1-18-13-9-16-7-6-12(13)17-15(18)11-5-4-10(19-2)8-14(11)20-3/h4-9H,1-3H3. The van der Waals surface area contributed by atoms with Gasteiger partial charge >= 0.3 is 0 Å². The predicted molar refractivity (Wildman–Crippen MR) is 77.0 cm³/mol. The molecular weight excluding hydrogens is 254 g/mol. The summed E-state index contributed by atoms with van der Waals surface area (Å²) in [4.78, 5) is 8.79. The van der Waals surface area contributed by atoms with Gasteiger partial charge < -0.3 is 14.0 Å². The Bertz CT molecular complexity index is 765. The second-order valence-corrected chi connectivity index (χ2v) is 4.43. The molecule has 0 bridgehead atoms. The van der Waals surface area contributed by atoms with Gasteiger partial charge in [0.05, 0.1) is 37.0 Å². The predicted octanol–water partition coefficient (Wildman–Crippen LogP) is 2.65. The number of hydrogen-bond acceptors (Lipinski definition) is 4. The highest BCUT2D eigenvalue weighted by molar-refractivity contribution is 5.81. The Labute approximate surface area is 116 Å². The molecule has 0 saturated heterocycles. The zero-order valence-electron chi connectivity index (χ0n) is 11.6. The molecule has 3 aromatic rings. The van der Waals surface area contributed by atoms with Crippen molar-refractivity contribution in [2.45, 2.75) is 0 Å². The second-order valence-electron chi connectivity index (χ2n) is 4.43. The number of benzene rings is 1. The van der Waals surface area contributed by atoms with Crippen LogP contribution in [0.5, 0.6) is 11.5 Å². The third kappa shape index (κ3) is 1.87. The molecule has 0 amide bonds. The summed E-state index contributed by atoms with van der Waals surface area (Å²) in [5, 5.41) is 0. The van der Waals surface area contributed by atoms with Crippen LogP contribution in [-0.4, -0.2) is 28.8 Å². The monoisotopic (exact) mass is 269 g/mol.